The molecular weight excluding hydrogens is 1180 g/mol. The maximum atomic E-state index is 15.3. The first-order chi connectivity index (χ1) is 42.4. The van der Waals surface area contributed by atoms with Gasteiger partial charge in [0, 0.05) is 55.3 Å². The minimum Gasteiger partial charge on any atom is -0.450 e. The lowest BCUT2D eigenvalue weighted by Crippen LogP contribution is -2.64. The SMILES string of the molecule is CC(C)C[C@@H]1C(=O)N[C@H](CC(C)C)C(=O)N(C)[C@H](C(C)C)C(=O)N(C)[C@H]([C@H](O)[C@H](C)CCN(C)CCC#N)C(=O)N[C@H]([C@@H](C)O)C(=O)N(C)CC(=O)N(C)[C@@H](CC(C)C)C(=O)N[C@H](CC(C)C)C(=O)N(C)[C@H](CC(C)C)C(=O)N[C@H](C)C(=O)O[C@@H](C(C)C)C(=O)N1C. The maximum absolute atomic E-state index is 15.3. The van der Waals surface area contributed by atoms with E-state index in [2.05, 4.69) is 27.3 Å². The normalized spacial score (nSPS) is 25.9. The van der Waals surface area contributed by atoms with Gasteiger partial charge in [-0.25, -0.2) is 4.79 Å². The van der Waals surface area contributed by atoms with Crippen LogP contribution in [0.4, 0.5) is 0 Å². The topological polar surface area (TPSA) is 332 Å². The predicted molar refractivity (Wildman–Crippen MR) is 350 cm³/mol. The zero-order valence-corrected chi connectivity index (χ0v) is 60.0. The highest BCUT2D eigenvalue weighted by molar-refractivity contribution is 5.99. The Bertz CT molecular complexity index is 2520. The molecule has 0 spiro atoms. The summed E-state index contributed by atoms with van der Waals surface area (Å²) < 4.78 is 5.90. The first-order valence-corrected chi connectivity index (χ1v) is 32.9. The highest BCUT2D eigenvalue weighted by atomic mass is 16.6. The van der Waals surface area contributed by atoms with E-state index in [1.54, 1.807) is 41.7 Å². The molecule has 0 aromatic heterocycles. The number of cyclic esters (lactones) is 1. The van der Waals surface area contributed by atoms with Crippen molar-refractivity contribution in [3.63, 3.8) is 0 Å². The van der Waals surface area contributed by atoms with Gasteiger partial charge in [-0.2, -0.15) is 5.26 Å². The molecule has 26 nitrogen and oxygen atoms in total. The van der Waals surface area contributed by atoms with Crippen molar-refractivity contribution >= 4 is 65.0 Å². The number of hydrogen-bond acceptors (Lipinski definition) is 16. The lowest BCUT2D eigenvalue weighted by atomic mass is 9.91. The third-order valence-electron chi connectivity index (χ3n) is 16.9. The second-order valence-corrected chi connectivity index (χ2v) is 28.5. The molecule has 92 heavy (non-hydrogen) atoms. The Morgan fingerprint density at radius 3 is 1.34 bits per heavy atom. The smallest absolute Gasteiger partial charge is 0.329 e. The summed E-state index contributed by atoms with van der Waals surface area (Å²) >= 11 is 0. The minimum absolute atomic E-state index is 0.0644. The Kier molecular flexibility index (Phi) is 35.1. The van der Waals surface area contributed by atoms with Gasteiger partial charge in [-0.1, -0.05) is 104 Å². The second-order valence-electron chi connectivity index (χ2n) is 28.5. The summed E-state index contributed by atoms with van der Waals surface area (Å²) in [7, 11) is 9.86. The molecule has 26 heteroatoms. The van der Waals surface area contributed by atoms with Gasteiger partial charge in [0.25, 0.3) is 5.91 Å². The fraction of sp³-hybridized carbons (Fsp3) is 0.818. The van der Waals surface area contributed by atoms with E-state index in [1.165, 1.54) is 70.8 Å². The summed E-state index contributed by atoms with van der Waals surface area (Å²) in [6.45, 7) is 29.4. The summed E-state index contributed by atoms with van der Waals surface area (Å²) in [6, 6.07) is -10.3. The molecule has 6 N–H and O–H groups in total. The fourth-order valence-corrected chi connectivity index (χ4v) is 11.3. The average molecular weight is 1300 g/mol. The Labute approximate surface area is 549 Å². The van der Waals surface area contributed by atoms with Crippen LogP contribution in [-0.4, -0.2) is 251 Å². The third-order valence-corrected chi connectivity index (χ3v) is 16.9. The van der Waals surface area contributed by atoms with Crippen molar-refractivity contribution in [2.24, 2.45) is 47.3 Å². The van der Waals surface area contributed by atoms with E-state index in [0.717, 1.165) is 14.7 Å². The van der Waals surface area contributed by atoms with E-state index in [-0.39, 0.29) is 74.5 Å². The maximum Gasteiger partial charge on any atom is 0.329 e. The van der Waals surface area contributed by atoms with Crippen LogP contribution >= 0.6 is 0 Å². The molecule has 0 aliphatic carbocycles. The van der Waals surface area contributed by atoms with Gasteiger partial charge in [0.2, 0.25) is 53.2 Å². The first-order valence-electron chi connectivity index (χ1n) is 32.9. The van der Waals surface area contributed by atoms with Crippen LogP contribution < -0.4 is 21.3 Å². The molecular formula is C66H118N12O14. The van der Waals surface area contributed by atoms with Crippen LogP contribution in [0.2, 0.25) is 0 Å². The number of nitriles is 1. The van der Waals surface area contributed by atoms with Crippen LogP contribution in [0, 0.1) is 58.7 Å². The summed E-state index contributed by atoms with van der Waals surface area (Å²) in [5, 5.41) is 43.8. The van der Waals surface area contributed by atoms with Gasteiger partial charge >= 0.3 is 5.97 Å². The highest BCUT2D eigenvalue weighted by Crippen LogP contribution is 2.25. The highest BCUT2D eigenvalue weighted by Gasteiger charge is 2.46. The molecule has 10 amide bonds. The van der Waals surface area contributed by atoms with E-state index in [4.69, 9.17) is 4.74 Å². The van der Waals surface area contributed by atoms with Gasteiger partial charge in [-0.3, -0.25) is 47.9 Å². The molecule has 1 aliphatic rings. The van der Waals surface area contributed by atoms with Gasteiger partial charge in [-0.15, -0.1) is 0 Å². The number of rotatable bonds is 20. The Hall–Kier alpha value is -6.46. The Balaban J connectivity index is 4.44. The van der Waals surface area contributed by atoms with Crippen molar-refractivity contribution in [2.45, 2.75) is 235 Å². The van der Waals surface area contributed by atoms with Crippen molar-refractivity contribution in [1.29, 1.82) is 5.26 Å². The number of nitrogens with zero attached hydrogens (tertiary/aromatic N) is 8. The minimum atomic E-state index is -1.79. The quantitative estimate of drug-likeness (QED) is 0.0955. The van der Waals surface area contributed by atoms with Crippen molar-refractivity contribution < 1.29 is 67.7 Å². The van der Waals surface area contributed by atoms with Gasteiger partial charge in [0.05, 0.1) is 24.8 Å². The van der Waals surface area contributed by atoms with E-state index >= 15 is 14.4 Å². The van der Waals surface area contributed by atoms with E-state index in [1.807, 2.05) is 74.1 Å². The number of hydrogen-bond donors (Lipinski definition) is 6. The van der Waals surface area contributed by atoms with Crippen molar-refractivity contribution in [1.82, 2.24) is 55.6 Å². The predicted octanol–water partition coefficient (Wildman–Crippen LogP) is 2.62. The fourth-order valence-electron chi connectivity index (χ4n) is 11.3. The number of ether oxygens (including phenoxy) is 1. The van der Waals surface area contributed by atoms with E-state index < -0.39 is 162 Å². The van der Waals surface area contributed by atoms with Gasteiger partial charge < -0.3 is 70.5 Å². The van der Waals surface area contributed by atoms with Crippen LogP contribution in [0.1, 0.15) is 163 Å². The lowest BCUT2D eigenvalue weighted by molar-refractivity contribution is -0.166. The molecule has 0 unspecified atom stereocenters. The summed E-state index contributed by atoms with van der Waals surface area (Å²) in [6.07, 6.45) is -3.80. The van der Waals surface area contributed by atoms with Crippen molar-refractivity contribution in [2.75, 3.05) is 69.0 Å². The molecule has 0 radical (unpaired) electrons. The van der Waals surface area contributed by atoms with Crippen LogP contribution in [0.3, 0.4) is 0 Å². The van der Waals surface area contributed by atoms with Crippen molar-refractivity contribution in [3.05, 3.63) is 0 Å². The van der Waals surface area contributed by atoms with Crippen LogP contribution in [0.25, 0.3) is 0 Å². The van der Waals surface area contributed by atoms with Crippen molar-refractivity contribution in [3.8, 4) is 6.07 Å². The summed E-state index contributed by atoms with van der Waals surface area (Å²) in [5.41, 5.74) is 0. The zero-order chi connectivity index (χ0) is 71.3. The number of esters is 1. The molecule has 0 saturated carbocycles. The third kappa shape index (κ3) is 25.1. The van der Waals surface area contributed by atoms with Gasteiger partial charge in [0.15, 0.2) is 6.10 Å². The number of amides is 10. The molecule has 0 bridgehead atoms. The molecule has 1 aliphatic heterocycles. The average Bonchev–Trinajstić information content (AvgIpc) is 0.818. The molecule has 1 rings (SSSR count). The molecule has 0 aromatic carbocycles. The molecule has 13 atom stereocenters. The number of nitrogens with one attached hydrogen (secondary N) is 4. The van der Waals surface area contributed by atoms with Crippen LogP contribution in [0.5, 0.6) is 0 Å². The molecule has 1 fully saturated rings. The molecule has 526 valence electrons. The molecule has 1 heterocycles. The standard InChI is InChI=1S/C66H118N12O14/c1-36(2)30-46-61(86)75(21)49(33-39(7)8)57(82)68-44(16)66(91)92-56(42(13)14)65(90)76(22)50(34-40(9)10)59(84)70-47(31-37(3)4)62(87)77(23)53(41(11)12)64(89)78(24)54(55(81)43(15)26-29-72(18)28-25-27-67)60(85)71-52(45(17)79)63(88)73(19)35-51(80)74(20)48(32-38(5)6)58(83)69-46/h36-50,52-56,79,81H,25-26,28-35H2,1-24H3,(H,68,82)(H,69,83)(H,70,84)(H,71,85)/t43-,44-,45-,46-,47-,48+,49-,50-,52-,53-,54-,55-,56+/m1/s1. The first kappa shape index (κ1) is 83.6. The van der Waals surface area contributed by atoms with Crippen LogP contribution in [-0.2, 0) is 57.5 Å². The summed E-state index contributed by atoms with van der Waals surface area (Å²) in [5.74, 6) is -11.9. The summed E-state index contributed by atoms with van der Waals surface area (Å²) in [4.78, 5) is 170. The van der Waals surface area contributed by atoms with Gasteiger partial charge in [0.1, 0.15) is 54.4 Å². The lowest BCUT2D eigenvalue weighted by Gasteiger charge is -2.40. The van der Waals surface area contributed by atoms with E-state index in [0.29, 0.717) is 13.1 Å². The zero-order valence-electron chi connectivity index (χ0n) is 60.0. The number of carbonyl (C=O) groups excluding carboxylic acids is 11. The number of aliphatic hydroxyl groups excluding tert-OH is 2. The largest absolute Gasteiger partial charge is 0.450 e. The Morgan fingerprint density at radius 1 is 0.511 bits per heavy atom. The number of carbonyl (C=O) groups is 11. The molecule has 1 saturated heterocycles. The number of aliphatic hydroxyl groups is 2. The monoisotopic (exact) mass is 1300 g/mol. The Morgan fingerprint density at radius 2 is 0.924 bits per heavy atom. The second kappa shape index (κ2) is 38.7. The van der Waals surface area contributed by atoms with Crippen LogP contribution in [0.15, 0.2) is 0 Å². The number of likely N-dealkylation sites (N-methyl/N-ethyl adjacent to an activating group) is 6. The van der Waals surface area contributed by atoms with E-state index in [9.17, 15) is 53.8 Å². The van der Waals surface area contributed by atoms with Gasteiger partial charge in [-0.05, 0) is 113 Å². The molecule has 0 aromatic rings.